The third kappa shape index (κ3) is 5.25. The number of hydrogen-bond acceptors (Lipinski definition) is 6. The van der Waals surface area contributed by atoms with Crippen LogP contribution in [0.3, 0.4) is 0 Å². The van der Waals surface area contributed by atoms with Crippen LogP contribution in [0, 0.1) is 6.92 Å². The molecule has 1 aliphatic rings. The average Bonchev–Trinajstić information content (AvgIpc) is 3.12. The monoisotopic (exact) mass is 471 g/mol. The fourth-order valence-electron chi connectivity index (χ4n) is 4.15. The molecule has 1 aromatic heterocycles. The van der Waals surface area contributed by atoms with Gasteiger partial charge in [-0.25, -0.2) is 0 Å². The maximum absolute atomic E-state index is 13.1. The molecule has 0 unspecified atom stereocenters. The van der Waals surface area contributed by atoms with E-state index in [1.807, 2.05) is 62.3 Å². The fraction of sp³-hybridized carbons (Fsp3) is 0.250. The number of aliphatic hydroxyl groups is 1. The van der Waals surface area contributed by atoms with Crippen molar-refractivity contribution >= 4 is 17.4 Å². The first-order valence-electron chi connectivity index (χ1n) is 11.5. The van der Waals surface area contributed by atoms with E-state index in [0.717, 1.165) is 11.1 Å². The number of aryl methyl sites for hydroxylation is 1. The molecule has 0 aliphatic carbocycles. The minimum absolute atomic E-state index is 0.0686. The van der Waals surface area contributed by atoms with E-state index in [0.29, 0.717) is 36.6 Å². The number of likely N-dealkylation sites (tertiary alicyclic amines) is 1. The van der Waals surface area contributed by atoms with Crippen LogP contribution in [0.25, 0.3) is 5.76 Å². The van der Waals surface area contributed by atoms with Gasteiger partial charge in [0.1, 0.15) is 18.1 Å². The molecular weight excluding hydrogens is 442 g/mol. The van der Waals surface area contributed by atoms with Gasteiger partial charge in [0, 0.05) is 31.0 Å². The van der Waals surface area contributed by atoms with Gasteiger partial charge in [-0.1, -0.05) is 36.4 Å². The van der Waals surface area contributed by atoms with E-state index < -0.39 is 17.7 Å². The summed E-state index contributed by atoms with van der Waals surface area (Å²) >= 11 is 0. The van der Waals surface area contributed by atoms with E-state index in [4.69, 9.17) is 4.74 Å². The summed E-state index contributed by atoms with van der Waals surface area (Å²) in [6.07, 6.45) is 3.26. The first-order chi connectivity index (χ1) is 16.9. The van der Waals surface area contributed by atoms with E-state index in [2.05, 4.69) is 4.98 Å². The molecule has 1 N–H and O–H groups in total. The average molecular weight is 472 g/mol. The van der Waals surface area contributed by atoms with E-state index in [1.54, 1.807) is 36.7 Å². The molecule has 1 fully saturated rings. The van der Waals surface area contributed by atoms with Gasteiger partial charge in [0.05, 0.1) is 11.6 Å². The smallest absolute Gasteiger partial charge is 0.295 e. The maximum atomic E-state index is 13.1. The molecular formula is C28H29N3O4. The van der Waals surface area contributed by atoms with Crippen LogP contribution in [0.1, 0.15) is 28.3 Å². The van der Waals surface area contributed by atoms with Crippen LogP contribution in [0.4, 0.5) is 0 Å². The lowest BCUT2D eigenvalue weighted by Crippen LogP contribution is -2.35. The van der Waals surface area contributed by atoms with Crippen molar-refractivity contribution in [1.82, 2.24) is 14.8 Å². The molecule has 2 heterocycles. The topological polar surface area (TPSA) is 83.0 Å². The Morgan fingerprint density at radius 1 is 1.09 bits per heavy atom. The number of ketones is 1. The van der Waals surface area contributed by atoms with E-state index in [1.165, 1.54) is 4.90 Å². The molecule has 4 rings (SSSR count). The Labute approximate surface area is 205 Å². The second-order valence-electron chi connectivity index (χ2n) is 8.84. The van der Waals surface area contributed by atoms with Crippen molar-refractivity contribution in [3.05, 3.63) is 101 Å². The Kier molecular flexibility index (Phi) is 7.27. The Balaban J connectivity index is 1.68. The van der Waals surface area contributed by atoms with Gasteiger partial charge in [0.25, 0.3) is 11.7 Å². The molecule has 1 amide bonds. The minimum Gasteiger partial charge on any atom is -0.507 e. The number of hydrogen-bond donors (Lipinski definition) is 1. The highest BCUT2D eigenvalue weighted by Gasteiger charge is 2.46. The molecule has 3 aromatic rings. The summed E-state index contributed by atoms with van der Waals surface area (Å²) in [7, 11) is 3.81. The molecule has 1 atom stereocenters. The molecule has 7 nitrogen and oxygen atoms in total. The van der Waals surface area contributed by atoms with Crippen molar-refractivity contribution in [2.75, 3.05) is 27.2 Å². The highest BCUT2D eigenvalue weighted by molar-refractivity contribution is 6.46. The van der Waals surface area contributed by atoms with Crippen LogP contribution in [0.15, 0.2) is 78.6 Å². The predicted octanol–water partition coefficient (Wildman–Crippen LogP) is 3.95. The lowest BCUT2D eigenvalue weighted by molar-refractivity contribution is -0.140. The van der Waals surface area contributed by atoms with Gasteiger partial charge >= 0.3 is 0 Å². The number of carbonyl (C=O) groups is 2. The van der Waals surface area contributed by atoms with Crippen molar-refractivity contribution in [1.29, 1.82) is 0 Å². The summed E-state index contributed by atoms with van der Waals surface area (Å²) in [4.78, 5) is 33.7. The number of pyridine rings is 1. The van der Waals surface area contributed by atoms with Crippen molar-refractivity contribution in [3.8, 4) is 5.75 Å². The Bertz CT molecular complexity index is 1240. The Morgan fingerprint density at radius 3 is 2.51 bits per heavy atom. The lowest BCUT2D eigenvalue weighted by atomic mass is 9.95. The Morgan fingerprint density at radius 2 is 1.86 bits per heavy atom. The maximum Gasteiger partial charge on any atom is 0.295 e. The zero-order valence-electron chi connectivity index (χ0n) is 20.1. The standard InChI is InChI=1S/C28H29N3O4/c1-19-16-21(11-12-23(19)35-18-20-8-5-4-6-9-20)26(32)24-25(22-10-7-13-29-17-22)31(15-14-30(2)3)28(34)27(24)33/h4-13,16-17,25,32H,14-15,18H2,1-3H3/b26-24+/t25-/m1/s1. The van der Waals surface area contributed by atoms with Crippen molar-refractivity contribution in [2.24, 2.45) is 0 Å². The van der Waals surface area contributed by atoms with Crippen LogP contribution in [-0.2, 0) is 16.2 Å². The molecule has 1 aliphatic heterocycles. The van der Waals surface area contributed by atoms with Crippen LogP contribution < -0.4 is 4.74 Å². The molecule has 0 spiro atoms. The lowest BCUT2D eigenvalue weighted by Gasteiger charge is -2.26. The third-order valence-corrected chi connectivity index (χ3v) is 6.01. The summed E-state index contributed by atoms with van der Waals surface area (Å²) < 4.78 is 5.94. The zero-order valence-corrected chi connectivity index (χ0v) is 20.1. The highest BCUT2D eigenvalue weighted by Crippen LogP contribution is 2.39. The number of aliphatic hydroxyl groups excluding tert-OH is 1. The summed E-state index contributed by atoms with van der Waals surface area (Å²) in [5.74, 6) is -0.845. The first kappa shape index (κ1) is 24.2. The molecule has 1 saturated heterocycles. The SMILES string of the molecule is Cc1cc(/C(O)=C2\C(=O)C(=O)N(CCN(C)C)[C@@H]2c2cccnc2)ccc1OCc1ccccc1. The van der Waals surface area contributed by atoms with Gasteiger partial charge in [-0.05, 0) is 62.0 Å². The van der Waals surface area contributed by atoms with Gasteiger partial charge in [-0.3, -0.25) is 14.6 Å². The van der Waals surface area contributed by atoms with E-state index in [9.17, 15) is 14.7 Å². The number of benzene rings is 2. The fourth-order valence-corrected chi connectivity index (χ4v) is 4.15. The zero-order chi connectivity index (χ0) is 24.9. The van der Waals surface area contributed by atoms with Crippen molar-refractivity contribution < 1.29 is 19.4 Å². The Hall–Kier alpha value is -3.97. The van der Waals surface area contributed by atoms with E-state index in [-0.39, 0.29) is 11.3 Å². The molecule has 7 heteroatoms. The molecule has 2 aromatic carbocycles. The van der Waals surface area contributed by atoms with Crippen LogP contribution in [0.5, 0.6) is 5.75 Å². The van der Waals surface area contributed by atoms with Crippen LogP contribution in [0.2, 0.25) is 0 Å². The number of amides is 1. The number of likely N-dealkylation sites (N-methyl/N-ethyl adjacent to an activating group) is 1. The van der Waals surface area contributed by atoms with Gasteiger partial charge in [-0.15, -0.1) is 0 Å². The molecule has 35 heavy (non-hydrogen) atoms. The van der Waals surface area contributed by atoms with Gasteiger partial charge in [0.15, 0.2) is 0 Å². The van der Waals surface area contributed by atoms with E-state index >= 15 is 0 Å². The number of rotatable bonds is 8. The number of aromatic nitrogens is 1. The summed E-state index contributed by atoms with van der Waals surface area (Å²) in [6, 6.07) is 17.9. The summed E-state index contributed by atoms with van der Waals surface area (Å²) in [5, 5.41) is 11.3. The highest BCUT2D eigenvalue weighted by atomic mass is 16.5. The minimum atomic E-state index is -0.710. The normalized spacial score (nSPS) is 17.3. The van der Waals surface area contributed by atoms with Gasteiger partial charge < -0.3 is 19.6 Å². The largest absolute Gasteiger partial charge is 0.507 e. The first-order valence-corrected chi connectivity index (χ1v) is 11.5. The molecule has 180 valence electrons. The quantitative estimate of drug-likeness (QED) is 0.304. The molecule has 0 radical (unpaired) electrons. The van der Waals surface area contributed by atoms with Gasteiger partial charge in [0.2, 0.25) is 0 Å². The predicted molar refractivity (Wildman–Crippen MR) is 134 cm³/mol. The number of carbonyl (C=O) groups excluding carboxylic acids is 2. The van der Waals surface area contributed by atoms with Crippen LogP contribution >= 0.6 is 0 Å². The molecule has 0 saturated carbocycles. The summed E-state index contributed by atoms with van der Waals surface area (Å²) in [5.41, 5.74) is 3.05. The van der Waals surface area contributed by atoms with Gasteiger partial charge in [-0.2, -0.15) is 0 Å². The van der Waals surface area contributed by atoms with Crippen molar-refractivity contribution in [2.45, 2.75) is 19.6 Å². The second-order valence-corrected chi connectivity index (χ2v) is 8.84. The third-order valence-electron chi connectivity index (χ3n) is 6.01. The van der Waals surface area contributed by atoms with Crippen LogP contribution in [-0.4, -0.2) is 58.8 Å². The summed E-state index contributed by atoms with van der Waals surface area (Å²) in [6.45, 7) is 3.23. The molecule has 0 bridgehead atoms. The number of nitrogens with zero attached hydrogens (tertiary/aromatic N) is 3. The number of Topliss-reactive ketones (excluding diaryl/α,β-unsaturated/α-hetero) is 1. The second kappa shape index (κ2) is 10.5. The van der Waals surface area contributed by atoms with Crippen molar-refractivity contribution in [3.63, 3.8) is 0 Å². The number of ether oxygens (including phenoxy) is 1.